The van der Waals surface area contributed by atoms with Gasteiger partial charge in [-0.05, 0) is 33.1 Å². The van der Waals surface area contributed by atoms with Crippen molar-refractivity contribution in [2.45, 2.75) is 57.4 Å². The second kappa shape index (κ2) is 2.44. The molecule has 2 bridgehead atoms. The molecule has 11 heavy (non-hydrogen) atoms. The monoisotopic (exact) mass is 157 g/mol. The quantitative estimate of drug-likeness (QED) is 0.562. The van der Waals surface area contributed by atoms with Crippen LogP contribution in [0.4, 0.5) is 4.39 Å². The number of halogens is 1. The maximum absolute atomic E-state index is 13.2. The van der Waals surface area contributed by atoms with Gasteiger partial charge in [0.15, 0.2) is 0 Å². The predicted octanol–water partition coefficient (Wildman–Crippen LogP) is 1.97. The first-order valence-corrected chi connectivity index (χ1v) is 4.61. The number of alkyl halides is 1. The van der Waals surface area contributed by atoms with Gasteiger partial charge in [0.25, 0.3) is 0 Å². The van der Waals surface area contributed by atoms with Gasteiger partial charge in [-0.2, -0.15) is 0 Å². The summed E-state index contributed by atoms with van der Waals surface area (Å²) >= 11 is 0. The highest BCUT2D eigenvalue weighted by Crippen LogP contribution is 2.40. The smallest absolute Gasteiger partial charge is 0.117 e. The van der Waals surface area contributed by atoms with Crippen LogP contribution in [0.5, 0.6) is 0 Å². The molecule has 0 radical (unpaired) electrons. The topological polar surface area (TPSA) is 3.24 Å². The lowest BCUT2D eigenvalue weighted by Gasteiger charge is -2.25. The number of hydrogen-bond donors (Lipinski definition) is 0. The third-order valence-electron chi connectivity index (χ3n) is 3.11. The Kier molecular flexibility index (Phi) is 1.67. The van der Waals surface area contributed by atoms with Crippen molar-refractivity contribution >= 4 is 0 Å². The fraction of sp³-hybridized carbons (Fsp3) is 1.00. The number of nitrogens with zero attached hydrogens (tertiary/aromatic N) is 1. The Morgan fingerprint density at radius 1 is 1.36 bits per heavy atom. The van der Waals surface area contributed by atoms with E-state index >= 15 is 0 Å². The summed E-state index contributed by atoms with van der Waals surface area (Å²) in [7, 11) is 0. The highest BCUT2D eigenvalue weighted by Gasteiger charge is 2.47. The van der Waals surface area contributed by atoms with Crippen molar-refractivity contribution in [1.82, 2.24) is 4.90 Å². The third-order valence-corrected chi connectivity index (χ3v) is 3.11. The van der Waals surface area contributed by atoms with Crippen LogP contribution in [0, 0.1) is 0 Å². The van der Waals surface area contributed by atoms with Gasteiger partial charge in [-0.15, -0.1) is 0 Å². The second-order valence-corrected chi connectivity index (χ2v) is 4.09. The van der Waals surface area contributed by atoms with Crippen LogP contribution in [0.3, 0.4) is 0 Å². The highest BCUT2D eigenvalue weighted by molar-refractivity contribution is 5.01. The van der Waals surface area contributed by atoms with Crippen LogP contribution in [0.1, 0.15) is 33.1 Å². The molecule has 3 unspecified atom stereocenters. The first-order chi connectivity index (χ1) is 5.20. The zero-order chi connectivity index (χ0) is 8.01. The maximum Gasteiger partial charge on any atom is 0.117 e. The Balaban J connectivity index is 2.13. The van der Waals surface area contributed by atoms with Gasteiger partial charge in [0.1, 0.15) is 6.17 Å². The van der Waals surface area contributed by atoms with E-state index in [0.717, 1.165) is 12.8 Å². The summed E-state index contributed by atoms with van der Waals surface area (Å²) in [6.45, 7) is 4.34. The van der Waals surface area contributed by atoms with Crippen LogP contribution < -0.4 is 0 Å². The van der Waals surface area contributed by atoms with E-state index in [9.17, 15) is 4.39 Å². The minimum absolute atomic E-state index is 0.264. The largest absolute Gasteiger partial charge is 0.292 e. The van der Waals surface area contributed by atoms with Gasteiger partial charge >= 0.3 is 0 Å². The predicted molar refractivity (Wildman–Crippen MR) is 43.3 cm³/mol. The molecule has 64 valence electrons. The van der Waals surface area contributed by atoms with Crippen LogP contribution in [-0.4, -0.2) is 29.2 Å². The molecule has 2 heteroatoms. The molecule has 0 amide bonds. The minimum atomic E-state index is -0.531. The van der Waals surface area contributed by atoms with E-state index in [2.05, 4.69) is 18.7 Å². The van der Waals surface area contributed by atoms with Crippen LogP contribution in [-0.2, 0) is 0 Å². The molecule has 0 aromatic heterocycles. The molecule has 0 aromatic carbocycles. The van der Waals surface area contributed by atoms with E-state index in [-0.39, 0.29) is 6.04 Å². The SMILES string of the molecule is CC(C)N1C2CCC1C(F)C2. The van der Waals surface area contributed by atoms with Crippen LogP contribution >= 0.6 is 0 Å². The van der Waals surface area contributed by atoms with Gasteiger partial charge in [0.2, 0.25) is 0 Å². The maximum atomic E-state index is 13.2. The molecule has 2 rings (SSSR count). The Labute approximate surface area is 67.6 Å². The molecule has 0 aliphatic carbocycles. The van der Waals surface area contributed by atoms with Crippen molar-refractivity contribution in [2.75, 3.05) is 0 Å². The molecular formula is C9H16FN. The fourth-order valence-electron chi connectivity index (χ4n) is 2.76. The summed E-state index contributed by atoms with van der Waals surface area (Å²) in [6, 6.07) is 1.36. The summed E-state index contributed by atoms with van der Waals surface area (Å²) in [5.41, 5.74) is 0. The van der Waals surface area contributed by atoms with E-state index in [0.29, 0.717) is 12.1 Å². The molecule has 0 spiro atoms. The number of fused-ring (bicyclic) bond motifs is 2. The van der Waals surface area contributed by atoms with Gasteiger partial charge in [-0.3, -0.25) is 4.90 Å². The molecule has 0 saturated carbocycles. The van der Waals surface area contributed by atoms with Gasteiger partial charge in [-0.25, -0.2) is 4.39 Å². The van der Waals surface area contributed by atoms with Crippen LogP contribution in [0.15, 0.2) is 0 Å². The lowest BCUT2D eigenvalue weighted by molar-refractivity contribution is 0.171. The molecule has 2 aliphatic heterocycles. The lowest BCUT2D eigenvalue weighted by Crippen LogP contribution is -2.36. The van der Waals surface area contributed by atoms with E-state index in [1.165, 1.54) is 6.42 Å². The first kappa shape index (κ1) is 7.53. The van der Waals surface area contributed by atoms with Crippen molar-refractivity contribution in [3.63, 3.8) is 0 Å². The third kappa shape index (κ3) is 0.994. The summed E-state index contributed by atoms with van der Waals surface area (Å²) in [5, 5.41) is 0. The van der Waals surface area contributed by atoms with E-state index < -0.39 is 6.17 Å². The first-order valence-electron chi connectivity index (χ1n) is 4.61. The van der Waals surface area contributed by atoms with E-state index in [1.54, 1.807) is 0 Å². The lowest BCUT2D eigenvalue weighted by atomic mass is 9.99. The summed E-state index contributed by atoms with van der Waals surface area (Å²) in [4.78, 5) is 2.37. The number of hydrogen-bond acceptors (Lipinski definition) is 1. The Hall–Kier alpha value is -0.110. The van der Waals surface area contributed by atoms with Crippen molar-refractivity contribution in [3.8, 4) is 0 Å². The highest BCUT2D eigenvalue weighted by atomic mass is 19.1. The summed E-state index contributed by atoms with van der Waals surface area (Å²) in [5.74, 6) is 0. The van der Waals surface area contributed by atoms with Crippen molar-refractivity contribution < 1.29 is 4.39 Å². The van der Waals surface area contributed by atoms with Crippen LogP contribution in [0.2, 0.25) is 0 Å². The molecule has 2 heterocycles. The average Bonchev–Trinajstić information content (AvgIpc) is 2.41. The average molecular weight is 157 g/mol. The van der Waals surface area contributed by atoms with Crippen LogP contribution in [0.25, 0.3) is 0 Å². The molecule has 3 atom stereocenters. The normalized spacial score (nSPS) is 44.2. The molecule has 2 aliphatic rings. The minimum Gasteiger partial charge on any atom is -0.292 e. The molecule has 1 nitrogen and oxygen atoms in total. The fourth-order valence-corrected chi connectivity index (χ4v) is 2.76. The molecule has 0 N–H and O–H groups in total. The van der Waals surface area contributed by atoms with Crippen molar-refractivity contribution in [2.24, 2.45) is 0 Å². The van der Waals surface area contributed by atoms with Gasteiger partial charge in [-0.1, -0.05) is 0 Å². The summed E-state index contributed by atoms with van der Waals surface area (Å²) in [6.07, 6.45) is 2.58. The van der Waals surface area contributed by atoms with E-state index in [4.69, 9.17) is 0 Å². The van der Waals surface area contributed by atoms with Gasteiger partial charge in [0.05, 0.1) is 0 Å². The zero-order valence-corrected chi connectivity index (χ0v) is 7.26. The van der Waals surface area contributed by atoms with E-state index in [1.807, 2.05) is 0 Å². The Bertz CT molecular complexity index is 158. The standard InChI is InChI=1S/C9H16FN/c1-6(2)11-7-3-4-9(11)8(10)5-7/h6-9H,3-5H2,1-2H3. The van der Waals surface area contributed by atoms with Crippen molar-refractivity contribution in [3.05, 3.63) is 0 Å². The second-order valence-electron chi connectivity index (χ2n) is 4.09. The van der Waals surface area contributed by atoms with Gasteiger partial charge in [0, 0.05) is 18.1 Å². The molecule has 0 aromatic rings. The number of rotatable bonds is 1. The summed E-state index contributed by atoms with van der Waals surface area (Å²) < 4.78 is 13.2. The molecular weight excluding hydrogens is 141 g/mol. The Morgan fingerprint density at radius 2 is 2.09 bits per heavy atom. The zero-order valence-electron chi connectivity index (χ0n) is 7.26. The van der Waals surface area contributed by atoms with Gasteiger partial charge < -0.3 is 0 Å². The van der Waals surface area contributed by atoms with Crippen molar-refractivity contribution in [1.29, 1.82) is 0 Å². The Morgan fingerprint density at radius 3 is 2.36 bits per heavy atom. The molecule has 2 fully saturated rings. The molecule has 2 saturated heterocycles.